The summed E-state index contributed by atoms with van der Waals surface area (Å²) < 4.78 is 0. The van der Waals surface area contributed by atoms with Crippen LogP contribution < -0.4 is 5.32 Å². The second kappa shape index (κ2) is 6.11. The summed E-state index contributed by atoms with van der Waals surface area (Å²) in [6.07, 6.45) is 1.47. The molecule has 0 saturated heterocycles. The number of hydrogen-bond donors (Lipinski definition) is 1. The highest BCUT2D eigenvalue weighted by Gasteiger charge is 2.09. The molecular weight excluding hydrogens is 264 g/mol. The van der Waals surface area contributed by atoms with Crippen molar-refractivity contribution in [2.24, 2.45) is 5.92 Å². The number of nitrogens with one attached hydrogen (secondary N) is 1. The molecule has 0 radical (unpaired) electrons. The largest absolute Gasteiger partial charge is 0.302 e. The Hall–Kier alpha value is -1.20. The predicted molar refractivity (Wildman–Crippen MR) is 78.1 cm³/mol. The highest BCUT2D eigenvalue weighted by Crippen LogP contribution is 2.28. The van der Waals surface area contributed by atoms with Gasteiger partial charge in [-0.2, -0.15) is 0 Å². The summed E-state index contributed by atoms with van der Waals surface area (Å²) in [5.74, 6) is 0.601. The van der Waals surface area contributed by atoms with E-state index in [1.54, 1.807) is 11.3 Å². The Morgan fingerprint density at radius 2 is 2.28 bits per heavy atom. The molecule has 0 spiro atoms. The Morgan fingerprint density at radius 3 is 2.94 bits per heavy atom. The van der Waals surface area contributed by atoms with Gasteiger partial charge in [0.1, 0.15) is 0 Å². The van der Waals surface area contributed by atoms with Crippen LogP contribution in [0.4, 0.5) is 5.13 Å². The van der Waals surface area contributed by atoms with E-state index in [-0.39, 0.29) is 5.91 Å². The van der Waals surface area contributed by atoms with Crippen LogP contribution in [0.1, 0.15) is 26.7 Å². The van der Waals surface area contributed by atoms with Crippen molar-refractivity contribution in [3.8, 4) is 10.6 Å². The fraction of sp³-hybridized carbons (Fsp3) is 0.385. The zero-order valence-corrected chi connectivity index (χ0v) is 12.1. The molecule has 0 aliphatic rings. The molecule has 0 bridgehead atoms. The van der Waals surface area contributed by atoms with Crippen LogP contribution in [-0.4, -0.2) is 10.9 Å². The average Bonchev–Trinajstić information content (AvgIpc) is 2.95. The summed E-state index contributed by atoms with van der Waals surface area (Å²) in [5, 5.41) is 7.54. The van der Waals surface area contributed by atoms with E-state index >= 15 is 0 Å². The monoisotopic (exact) mass is 280 g/mol. The van der Waals surface area contributed by atoms with E-state index in [2.05, 4.69) is 24.1 Å². The van der Waals surface area contributed by atoms with Gasteiger partial charge in [-0.1, -0.05) is 19.9 Å². The van der Waals surface area contributed by atoms with Gasteiger partial charge in [0.25, 0.3) is 0 Å². The van der Waals surface area contributed by atoms with Crippen molar-refractivity contribution in [1.29, 1.82) is 0 Å². The lowest BCUT2D eigenvalue weighted by Gasteiger charge is -2.03. The predicted octanol–water partition coefficient (Wildman–Crippen LogP) is 4.25. The molecule has 1 N–H and O–H groups in total. The summed E-state index contributed by atoms with van der Waals surface area (Å²) in [5.41, 5.74) is 0.939. The van der Waals surface area contributed by atoms with Crippen molar-refractivity contribution in [3.05, 3.63) is 22.9 Å². The number of nitrogens with zero attached hydrogens (tertiary/aromatic N) is 1. The average molecular weight is 280 g/mol. The zero-order chi connectivity index (χ0) is 13.0. The number of thiophene rings is 1. The van der Waals surface area contributed by atoms with Crippen molar-refractivity contribution in [2.45, 2.75) is 26.7 Å². The number of carbonyl (C=O) groups is 1. The highest BCUT2D eigenvalue weighted by molar-refractivity contribution is 7.16. The number of carbonyl (C=O) groups excluding carboxylic acids is 1. The Bertz CT molecular complexity index is 503. The Labute approximate surface area is 115 Å². The van der Waals surface area contributed by atoms with Crippen LogP contribution in [0, 0.1) is 5.92 Å². The van der Waals surface area contributed by atoms with Crippen LogP contribution in [0.25, 0.3) is 10.6 Å². The second-order valence-corrected chi connectivity index (χ2v) is 6.30. The molecular formula is C13H16N2OS2. The molecule has 2 rings (SSSR count). The Morgan fingerprint density at radius 1 is 1.44 bits per heavy atom. The maximum atomic E-state index is 11.7. The molecule has 2 aromatic heterocycles. The van der Waals surface area contributed by atoms with Gasteiger partial charge in [-0.25, -0.2) is 4.98 Å². The number of rotatable bonds is 5. The molecule has 1 amide bonds. The molecule has 96 valence electrons. The van der Waals surface area contributed by atoms with E-state index in [0.717, 1.165) is 17.0 Å². The molecule has 18 heavy (non-hydrogen) atoms. The Kier molecular flexibility index (Phi) is 4.49. The first-order valence-corrected chi connectivity index (χ1v) is 7.70. The van der Waals surface area contributed by atoms with Crippen LogP contribution >= 0.6 is 22.7 Å². The maximum absolute atomic E-state index is 11.7. The molecule has 0 unspecified atom stereocenters. The van der Waals surface area contributed by atoms with Gasteiger partial charge in [0.2, 0.25) is 5.91 Å². The number of anilines is 1. The maximum Gasteiger partial charge on any atom is 0.226 e. The smallest absolute Gasteiger partial charge is 0.226 e. The molecule has 3 nitrogen and oxygen atoms in total. The lowest BCUT2D eigenvalue weighted by molar-refractivity contribution is -0.116. The van der Waals surface area contributed by atoms with Crippen LogP contribution in [0.15, 0.2) is 22.9 Å². The van der Waals surface area contributed by atoms with E-state index in [0.29, 0.717) is 17.5 Å². The Balaban J connectivity index is 1.93. The minimum absolute atomic E-state index is 0.0516. The fourth-order valence-electron chi connectivity index (χ4n) is 1.47. The van der Waals surface area contributed by atoms with Gasteiger partial charge in [0.15, 0.2) is 5.13 Å². The molecule has 0 aliphatic carbocycles. The molecule has 2 aromatic rings. The van der Waals surface area contributed by atoms with Crippen molar-refractivity contribution in [1.82, 2.24) is 4.98 Å². The summed E-state index contributed by atoms with van der Waals surface area (Å²) >= 11 is 3.13. The quantitative estimate of drug-likeness (QED) is 0.889. The van der Waals surface area contributed by atoms with Crippen molar-refractivity contribution in [2.75, 3.05) is 5.32 Å². The zero-order valence-electron chi connectivity index (χ0n) is 10.5. The molecule has 2 heterocycles. The van der Waals surface area contributed by atoms with Crippen LogP contribution in [0.2, 0.25) is 0 Å². The number of aromatic nitrogens is 1. The third kappa shape index (κ3) is 3.65. The molecule has 0 saturated carbocycles. The highest BCUT2D eigenvalue weighted by atomic mass is 32.1. The van der Waals surface area contributed by atoms with Crippen molar-refractivity contribution < 1.29 is 4.79 Å². The first kappa shape index (κ1) is 13.2. The molecule has 0 aliphatic heterocycles. The van der Waals surface area contributed by atoms with Gasteiger partial charge < -0.3 is 5.32 Å². The summed E-state index contributed by atoms with van der Waals surface area (Å²) in [6, 6.07) is 4.03. The van der Waals surface area contributed by atoms with Gasteiger partial charge in [-0.15, -0.1) is 22.7 Å². The van der Waals surface area contributed by atoms with E-state index in [1.165, 1.54) is 11.3 Å². The van der Waals surface area contributed by atoms with Crippen molar-refractivity contribution in [3.63, 3.8) is 0 Å². The van der Waals surface area contributed by atoms with Gasteiger partial charge >= 0.3 is 0 Å². The van der Waals surface area contributed by atoms with Crippen molar-refractivity contribution >= 4 is 33.7 Å². The van der Waals surface area contributed by atoms with Crippen LogP contribution in [0.3, 0.4) is 0 Å². The minimum atomic E-state index is 0.0516. The summed E-state index contributed by atoms with van der Waals surface area (Å²) in [7, 11) is 0. The van der Waals surface area contributed by atoms with E-state index in [9.17, 15) is 4.79 Å². The lowest BCUT2D eigenvalue weighted by Crippen LogP contribution is -2.11. The third-order valence-electron chi connectivity index (χ3n) is 2.47. The molecule has 0 fully saturated rings. The van der Waals surface area contributed by atoms with Gasteiger partial charge in [-0.05, 0) is 23.8 Å². The topological polar surface area (TPSA) is 42.0 Å². The number of thiazole rings is 1. The normalized spacial score (nSPS) is 10.8. The minimum Gasteiger partial charge on any atom is -0.302 e. The SMILES string of the molecule is CC(C)CCC(=O)Nc1nc(-c2cccs2)cs1. The van der Waals surface area contributed by atoms with Gasteiger partial charge in [0, 0.05) is 11.8 Å². The van der Waals surface area contributed by atoms with Gasteiger partial charge in [0.05, 0.1) is 10.6 Å². The third-order valence-corrected chi connectivity index (χ3v) is 4.12. The second-order valence-electron chi connectivity index (χ2n) is 4.50. The van der Waals surface area contributed by atoms with E-state index in [1.807, 2.05) is 22.9 Å². The molecule has 5 heteroatoms. The summed E-state index contributed by atoms with van der Waals surface area (Å²) in [6.45, 7) is 4.23. The lowest BCUT2D eigenvalue weighted by atomic mass is 10.1. The van der Waals surface area contributed by atoms with Crippen LogP contribution in [-0.2, 0) is 4.79 Å². The number of amides is 1. The first-order valence-electron chi connectivity index (χ1n) is 5.94. The van der Waals surface area contributed by atoms with E-state index < -0.39 is 0 Å². The fourth-order valence-corrected chi connectivity index (χ4v) is 2.96. The van der Waals surface area contributed by atoms with Crippen LogP contribution in [0.5, 0.6) is 0 Å². The molecule has 0 aromatic carbocycles. The number of hydrogen-bond acceptors (Lipinski definition) is 4. The van der Waals surface area contributed by atoms with E-state index in [4.69, 9.17) is 0 Å². The standard InChI is InChI=1S/C13H16N2OS2/c1-9(2)5-6-12(16)15-13-14-10(8-18-13)11-4-3-7-17-11/h3-4,7-9H,5-6H2,1-2H3,(H,14,15,16). The van der Waals surface area contributed by atoms with Gasteiger partial charge in [-0.3, -0.25) is 4.79 Å². The summed E-state index contributed by atoms with van der Waals surface area (Å²) in [4.78, 5) is 17.2. The first-order chi connectivity index (χ1) is 8.65. The molecule has 0 atom stereocenters.